The van der Waals surface area contributed by atoms with Crippen LogP contribution in [-0.4, -0.2) is 59.3 Å². The average molecular weight is 435 g/mol. The number of para-hydroxylation sites is 1. The van der Waals surface area contributed by atoms with Gasteiger partial charge >= 0.3 is 0 Å². The lowest BCUT2D eigenvalue weighted by Crippen LogP contribution is -2.38. The number of ether oxygens (including phenoxy) is 2. The van der Waals surface area contributed by atoms with Crippen LogP contribution < -0.4 is 10.3 Å². The number of fused-ring (bicyclic) bond motifs is 1. The standard InChI is InChI=1S/C23H22N4O3S/c28-22-18(13-16-3-1-2-4-19(16)25-22)20-15-31-23(26-20)17-5-6-24-21(14-17)30-12-9-27-7-10-29-11-8-27/h1-6,13-15H,7-12H2,(H,25,28). The van der Waals surface area contributed by atoms with Gasteiger partial charge < -0.3 is 14.5 Å². The van der Waals surface area contributed by atoms with E-state index in [0.717, 1.165) is 54.3 Å². The minimum atomic E-state index is -0.141. The van der Waals surface area contributed by atoms with E-state index in [1.807, 2.05) is 47.8 Å². The largest absolute Gasteiger partial charge is 0.476 e. The fraction of sp³-hybridized carbons (Fsp3) is 0.261. The Kier molecular flexibility index (Phi) is 5.75. The van der Waals surface area contributed by atoms with E-state index < -0.39 is 0 Å². The van der Waals surface area contributed by atoms with E-state index >= 15 is 0 Å². The van der Waals surface area contributed by atoms with Crippen molar-refractivity contribution in [3.05, 3.63) is 64.4 Å². The fourth-order valence-corrected chi connectivity index (χ4v) is 4.41. The third-order valence-corrected chi connectivity index (χ3v) is 6.17. The second-order valence-corrected chi connectivity index (χ2v) is 8.18. The second kappa shape index (κ2) is 8.97. The van der Waals surface area contributed by atoms with Gasteiger partial charge in [-0.2, -0.15) is 0 Å². The molecule has 0 aliphatic carbocycles. The van der Waals surface area contributed by atoms with E-state index in [0.29, 0.717) is 23.7 Å². The number of morpholine rings is 1. The van der Waals surface area contributed by atoms with Crippen molar-refractivity contribution in [3.63, 3.8) is 0 Å². The zero-order chi connectivity index (χ0) is 21.0. The molecule has 8 heteroatoms. The van der Waals surface area contributed by atoms with Crippen molar-refractivity contribution in [2.45, 2.75) is 0 Å². The summed E-state index contributed by atoms with van der Waals surface area (Å²) in [5.74, 6) is 0.575. The van der Waals surface area contributed by atoms with Crippen molar-refractivity contribution in [1.29, 1.82) is 0 Å². The predicted octanol–water partition coefficient (Wildman–Crippen LogP) is 3.42. The van der Waals surface area contributed by atoms with Crippen molar-refractivity contribution in [1.82, 2.24) is 19.9 Å². The van der Waals surface area contributed by atoms with Crippen molar-refractivity contribution < 1.29 is 9.47 Å². The maximum Gasteiger partial charge on any atom is 0.257 e. The summed E-state index contributed by atoms with van der Waals surface area (Å²) in [4.78, 5) is 26.8. The lowest BCUT2D eigenvalue weighted by Gasteiger charge is -2.26. The lowest BCUT2D eigenvalue weighted by atomic mass is 10.1. The lowest BCUT2D eigenvalue weighted by molar-refractivity contribution is 0.0320. The number of H-pyrrole nitrogens is 1. The van der Waals surface area contributed by atoms with E-state index in [4.69, 9.17) is 14.5 Å². The Morgan fingerprint density at radius 2 is 2.03 bits per heavy atom. The van der Waals surface area contributed by atoms with Crippen LogP contribution in [0.3, 0.4) is 0 Å². The van der Waals surface area contributed by atoms with Gasteiger partial charge in [-0.15, -0.1) is 11.3 Å². The molecular formula is C23H22N4O3S. The van der Waals surface area contributed by atoms with Gasteiger partial charge in [0.1, 0.15) is 11.6 Å². The van der Waals surface area contributed by atoms with Gasteiger partial charge in [-0.1, -0.05) is 18.2 Å². The SMILES string of the molecule is O=c1[nH]c2ccccc2cc1-c1csc(-c2ccnc(OCCN3CCOCC3)c2)n1. The maximum atomic E-state index is 12.5. The number of nitrogens with one attached hydrogen (secondary N) is 1. The molecule has 0 saturated carbocycles. The highest BCUT2D eigenvalue weighted by molar-refractivity contribution is 7.13. The van der Waals surface area contributed by atoms with Crippen molar-refractivity contribution >= 4 is 22.2 Å². The van der Waals surface area contributed by atoms with Crippen molar-refractivity contribution in [3.8, 4) is 27.7 Å². The molecule has 0 bridgehead atoms. The van der Waals surface area contributed by atoms with E-state index in [-0.39, 0.29) is 5.56 Å². The molecular weight excluding hydrogens is 412 g/mol. The van der Waals surface area contributed by atoms with Crippen molar-refractivity contribution in [2.75, 3.05) is 39.5 Å². The molecule has 1 aliphatic heterocycles. The number of rotatable bonds is 6. The van der Waals surface area contributed by atoms with E-state index in [1.165, 1.54) is 11.3 Å². The maximum absolute atomic E-state index is 12.5. The third-order valence-electron chi connectivity index (χ3n) is 5.28. The Hall–Kier alpha value is -3.07. The molecule has 1 aliphatic rings. The quantitative estimate of drug-likeness (QED) is 0.501. The van der Waals surface area contributed by atoms with E-state index in [2.05, 4.69) is 14.9 Å². The van der Waals surface area contributed by atoms with Gasteiger partial charge in [0.2, 0.25) is 5.88 Å². The summed E-state index contributed by atoms with van der Waals surface area (Å²) in [6.45, 7) is 4.85. The number of thiazole rings is 1. The molecule has 4 heterocycles. The molecule has 1 fully saturated rings. The van der Waals surface area contributed by atoms with Crippen LogP contribution in [0.25, 0.3) is 32.7 Å². The van der Waals surface area contributed by atoms with Crippen LogP contribution in [0.1, 0.15) is 0 Å². The molecule has 1 saturated heterocycles. The van der Waals surface area contributed by atoms with E-state index in [1.54, 1.807) is 6.20 Å². The highest BCUT2D eigenvalue weighted by Gasteiger charge is 2.13. The number of pyridine rings is 2. The summed E-state index contributed by atoms with van der Waals surface area (Å²) < 4.78 is 11.2. The topological polar surface area (TPSA) is 80.3 Å². The van der Waals surface area contributed by atoms with Crippen LogP contribution in [0.4, 0.5) is 0 Å². The molecule has 0 unspecified atom stereocenters. The van der Waals surface area contributed by atoms with Gasteiger partial charge in [0.15, 0.2) is 0 Å². The van der Waals surface area contributed by atoms with Gasteiger partial charge in [0.25, 0.3) is 5.56 Å². The normalized spacial score (nSPS) is 14.7. The highest BCUT2D eigenvalue weighted by atomic mass is 32.1. The number of aromatic amines is 1. The van der Waals surface area contributed by atoms with Crippen LogP contribution >= 0.6 is 11.3 Å². The smallest absolute Gasteiger partial charge is 0.257 e. The Labute approximate surface area is 183 Å². The number of hydrogen-bond donors (Lipinski definition) is 1. The van der Waals surface area contributed by atoms with Gasteiger partial charge in [-0.05, 0) is 23.6 Å². The minimum absolute atomic E-state index is 0.141. The van der Waals surface area contributed by atoms with Crippen LogP contribution in [0.15, 0.2) is 58.8 Å². The molecule has 0 atom stereocenters. The Morgan fingerprint density at radius 3 is 2.94 bits per heavy atom. The molecule has 1 aromatic carbocycles. The molecule has 1 N–H and O–H groups in total. The van der Waals surface area contributed by atoms with Crippen LogP contribution in [0.2, 0.25) is 0 Å². The summed E-state index contributed by atoms with van der Waals surface area (Å²) in [6, 6.07) is 13.4. The highest BCUT2D eigenvalue weighted by Crippen LogP contribution is 2.29. The number of hydrogen-bond acceptors (Lipinski definition) is 7. The van der Waals surface area contributed by atoms with Gasteiger partial charge in [-0.25, -0.2) is 9.97 Å². The molecule has 0 spiro atoms. The zero-order valence-corrected chi connectivity index (χ0v) is 17.7. The average Bonchev–Trinajstić information content (AvgIpc) is 3.30. The first-order valence-corrected chi connectivity index (χ1v) is 11.1. The predicted molar refractivity (Wildman–Crippen MR) is 122 cm³/mol. The first-order chi connectivity index (χ1) is 15.3. The molecule has 0 amide bonds. The molecule has 3 aromatic heterocycles. The number of aromatic nitrogens is 3. The first kappa shape index (κ1) is 19.9. The monoisotopic (exact) mass is 434 g/mol. The fourth-order valence-electron chi connectivity index (χ4n) is 3.59. The van der Waals surface area contributed by atoms with Crippen LogP contribution in [0.5, 0.6) is 5.88 Å². The van der Waals surface area contributed by atoms with Crippen LogP contribution in [-0.2, 0) is 4.74 Å². The molecule has 158 valence electrons. The molecule has 0 radical (unpaired) electrons. The number of benzene rings is 1. The Morgan fingerprint density at radius 1 is 1.16 bits per heavy atom. The second-order valence-electron chi connectivity index (χ2n) is 7.32. The van der Waals surface area contributed by atoms with Crippen molar-refractivity contribution in [2.24, 2.45) is 0 Å². The third kappa shape index (κ3) is 4.51. The Bertz CT molecular complexity index is 1250. The summed E-state index contributed by atoms with van der Waals surface area (Å²) in [5.41, 5.74) is 2.83. The summed E-state index contributed by atoms with van der Waals surface area (Å²) in [7, 11) is 0. The molecule has 31 heavy (non-hydrogen) atoms. The zero-order valence-electron chi connectivity index (χ0n) is 16.9. The first-order valence-electron chi connectivity index (χ1n) is 10.2. The van der Waals surface area contributed by atoms with Gasteiger partial charge in [-0.3, -0.25) is 9.69 Å². The Balaban J connectivity index is 1.32. The van der Waals surface area contributed by atoms with Gasteiger partial charge in [0, 0.05) is 48.4 Å². The summed E-state index contributed by atoms with van der Waals surface area (Å²) in [6.07, 6.45) is 1.73. The number of nitrogens with zero attached hydrogens (tertiary/aromatic N) is 3. The molecule has 4 aromatic rings. The van der Waals surface area contributed by atoms with Crippen LogP contribution in [0, 0.1) is 0 Å². The van der Waals surface area contributed by atoms with Gasteiger partial charge in [0.05, 0.1) is 24.5 Å². The minimum Gasteiger partial charge on any atom is -0.476 e. The molecule has 5 rings (SSSR count). The molecule has 7 nitrogen and oxygen atoms in total. The summed E-state index contributed by atoms with van der Waals surface area (Å²) >= 11 is 1.50. The summed E-state index contributed by atoms with van der Waals surface area (Å²) in [5, 5.41) is 3.71. The van der Waals surface area contributed by atoms with E-state index in [9.17, 15) is 4.79 Å².